The van der Waals surface area contributed by atoms with Crippen molar-refractivity contribution in [2.75, 3.05) is 31.2 Å². The van der Waals surface area contributed by atoms with Crippen LogP contribution >= 0.6 is 0 Å². The molecule has 1 saturated heterocycles. The molecule has 0 amide bonds. The first kappa shape index (κ1) is 20.6. The standard InChI is InChI=1S/C22H26N4O3S/c1-3-26-12-6-7-15(14-26)23-22-18-9-5-4-8-17(18)21(24-25-22)19-11-10-16(13-20(19)27)30(2,28)29/h4-5,8-11,13,15,27H,3,6-7,12,14H2,1-2H3,(H,23,25)/t15-/m1/s1. The van der Waals surface area contributed by atoms with Crippen LogP contribution in [0, 0.1) is 0 Å². The summed E-state index contributed by atoms with van der Waals surface area (Å²) in [6.45, 7) is 5.31. The second-order valence-electron chi connectivity index (χ2n) is 7.77. The molecule has 1 aromatic heterocycles. The first-order chi connectivity index (χ1) is 14.4. The number of likely N-dealkylation sites (N-methyl/N-ethyl adjacent to an activating group) is 1. The van der Waals surface area contributed by atoms with Crippen LogP contribution in [-0.2, 0) is 9.84 Å². The molecule has 7 nitrogen and oxygen atoms in total. The van der Waals surface area contributed by atoms with Crippen LogP contribution in [0.15, 0.2) is 47.4 Å². The van der Waals surface area contributed by atoms with Crippen LogP contribution in [0.2, 0.25) is 0 Å². The summed E-state index contributed by atoms with van der Waals surface area (Å²) in [5.41, 5.74) is 0.972. The zero-order valence-corrected chi connectivity index (χ0v) is 18.0. The maximum Gasteiger partial charge on any atom is 0.175 e. The van der Waals surface area contributed by atoms with E-state index in [1.54, 1.807) is 6.07 Å². The molecule has 1 fully saturated rings. The SMILES string of the molecule is CCN1CCC[C@@H](Nc2nnc(-c3ccc(S(C)(=O)=O)cc3O)c3ccccc23)C1. The minimum atomic E-state index is -3.41. The lowest BCUT2D eigenvalue weighted by Crippen LogP contribution is -2.42. The van der Waals surface area contributed by atoms with Gasteiger partial charge in [-0.1, -0.05) is 31.2 Å². The average Bonchev–Trinajstić information content (AvgIpc) is 2.74. The van der Waals surface area contributed by atoms with Crippen molar-refractivity contribution < 1.29 is 13.5 Å². The van der Waals surface area contributed by atoms with Crippen molar-refractivity contribution in [2.24, 2.45) is 0 Å². The molecule has 0 bridgehead atoms. The summed E-state index contributed by atoms with van der Waals surface area (Å²) < 4.78 is 23.5. The minimum absolute atomic E-state index is 0.0667. The number of nitrogens with one attached hydrogen (secondary N) is 1. The molecule has 30 heavy (non-hydrogen) atoms. The average molecular weight is 427 g/mol. The summed E-state index contributed by atoms with van der Waals surface area (Å²) in [5.74, 6) is 0.591. The van der Waals surface area contributed by atoms with Gasteiger partial charge < -0.3 is 15.3 Å². The van der Waals surface area contributed by atoms with Crippen molar-refractivity contribution in [2.45, 2.75) is 30.7 Å². The van der Waals surface area contributed by atoms with Gasteiger partial charge >= 0.3 is 0 Å². The summed E-state index contributed by atoms with van der Waals surface area (Å²) in [5, 5.41) is 24.7. The number of nitrogens with zero attached hydrogens (tertiary/aromatic N) is 3. The lowest BCUT2D eigenvalue weighted by Gasteiger charge is -2.32. The third-order valence-electron chi connectivity index (χ3n) is 5.63. The molecule has 0 saturated carbocycles. The summed E-state index contributed by atoms with van der Waals surface area (Å²) in [6.07, 6.45) is 3.35. The lowest BCUT2D eigenvalue weighted by atomic mass is 10.0. The predicted octanol–water partition coefficient (Wildman–Crippen LogP) is 3.30. The van der Waals surface area contributed by atoms with Crippen LogP contribution in [0.5, 0.6) is 5.75 Å². The molecule has 1 aliphatic rings. The molecule has 0 radical (unpaired) electrons. The van der Waals surface area contributed by atoms with Crippen LogP contribution in [0.3, 0.4) is 0 Å². The van der Waals surface area contributed by atoms with Crippen molar-refractivity contribution in [1.29, 1.82) is 0 Å². The number of hydrogen-bond acceptors (Lipinski definition) is 7. The van der Waals surface area contributed by atoms with Crippen molar-refractivity contribution in [3.05, 3.63) is 42.5 Å². The molecule has 0 spiro atoms. The van der Waals surface area contributed by atoms with E-state index in [0.29, 0.717) is 17.3 Å². The number of piperidine rings is 1. The van der Waals surface area contributed by atoms with Gasteiger partial charge in [-0.3, -0.25) is 0 Å². The fraction of sp³-hybridized carbons (Fsp3) is 0.364. The Bertz CT molecular complexity index is 1180. The topological polar surface area (TPSA) is 95.4 Å². The highest BCUT2D eigenvalue weighted by molar-refractivity contribution is 7.90. The van der Waals surface area contributed by atoms with Crippen molar-refractivity contribution in [3.63, 3.8) is 0 Å². The van der Waals surface area contributed by atoms with Crippen LogP contribution < -0.4 is 5.32 Å². The Kier molecular flexibility index (Phi) is 5.62. The monoisotopic (exact) mass is 426 g/mol. The van der Waals surface area contributed by atoms with Crippen molar-refractivity contribution in [3.8, 4) is 17.0 Å². The van der Waals surface area contributed by atoms with E-state index < -0.39 is 9.84 Å². The first-order valence-electron chi connectivity index (χ1n) is 10.1. The lowest BCUT2D eigenvalue weighted by molar-refractivity contribution is 0.226. The number of rotatable bonds is 5. The maximum absolute atomic E-state index is 11.8. The molecule has 0 unspecified atom stereocenters. The van der Waals surface area contributed by atoms with E-state index in [1.807, 2.05) is 24.3 Å². The molecule has 1 atom stereocenters. The Balaban J connectivity index is 1.73. The Hall–Kier alpha value is -2.71. The van der Waals surface area contributed by atoms with E-state index in [0.717, 1.165) is 55.3 Å². The molecular weight excluding hydrogens is 400 g/mol. The quantitative estimate of drug-likeness (QED) is 0.646. The largest absolute Gasteiger partial charge is 0.507 e. The minimum Gasteiger partial charge on any atom is -0.507 e. The van der Waals surface area contributed by atoms with E-state index in [-0.39, 0.29) is 10.6 Å². The molecule has 2 heterocycles. The molecule has 3 aromatic rings. The molecular formula is C22H26N4O3S. The predicted molar refractivity (Wildman–Crippen MR) is 119 cm³/mol. The van der Waals surface area contributed by atoms with E-state index >= 15 is 0 Å². The smallest absolute Gasteiger partial charge is 0.175 e. The Morgan fingerprint density at radius 1 is 1.17 bits per heavy atom. The van der Waals surface area contributed by atoms with Gasteiger partial charge in [0, 0.05) is 35.2 Å². The van der Waals surface area contributed by atoms with Gasteiger partial charge in [-0.15, -0.1) is 10.2 Å². The van der Waals surface area contributed by atoms with Gasteiger partial charge in [-0.05, 0) is 44.1 Å². The number of benzene rings is 2. The van der Waals surface area contributed by atoms with Crippen LogP contribution in [0.1, 0.15) is 19.8 Å². The second kappa shape index (κ2) is 8.20. The number of aromatic nitrogens is 2. The van der Waals surface area contributed by atoms with Crippen molar-refractivity contribution in [1.82, 2.24) is 15.1 Å². The van der Waals surface area contributed by atoms with Gasteiger partial charge in [0.25, 0.3) is 0 Å². The van der Waals surface area contributed by atoms with Crippen molar-refractivity contribution >= 4 is 26.4 Å². The van der Waals surface area contributed by atoms with Crippen LogP contribution in [0.25, 0.3) is 22.0 Å². The van der Waals surface area contributed by atoms with Crippen LogP contribution in [0.4, 0.5) is 5.82 Å². The number of phenols is 1. The van der Waals surface area contributed by atoms with E-state index in [9.17, 15) is 13.5 Å². The van der Waals surface area contributed by atoms with E-state index in [2.05, 4.69) is 27.3 Å². The van der Waals surface area contributed by atoms with Gasteiger partial charge in [-0.25, -0.2) is 8.42 Å². The second-order valence-corrected chi connectivity index (χ2v) is 9.79. The first-order valence-corrected chi connectivity index (χ1v) is 12.0. The third kappa shape index (κ3) is 4.11. The zero-order chi connectivity index (χ0) is 21.3. The van der Waals surface area contributed by atoms with Gasteiger partial charge in [-0.2, -0.15) is 0 Å². The van der Waals surface area contributed by atoms with Gasteiger partial charge in [0.2, 0.25) is 0 Å². The van der Waals surface area contributed by atoms with Gasteiger partial charge in [0.05, 0.1) is 4.90 Å². The normalized spacial score (nSPS) is 17.9. The molecule has 0 aliphatic carbocycles. The number of likely N-dealkylation sites (tertiary alicyclic amines) is 1. The Labute approximate surface area is 176 Å². The number of phenolic OH excluding ortho intramolecular Hbond substituents is 1. The number of hydrogen-bond donors (Lipinski definition) is 2. The summed E-state index contributed by atoms with van der Waals surface area (Å²) in [4.78, 5) is 2.49. The highest BCUT2D eigenvalue weighted by Gasteiger charge is 2.21. The summed E-state index contributed by atoms with van der Waals surface area (Å²) in [7, 11) is -3.41. The molecule has 1 aliphatic heterocycles. The van der Waals surface area contributed by atoms with Gasteiger partial charge in [0.1, 0.15) is 11.4 Å². The zero-order valence-electron chi connectivity index (χ0n) is 17.2. The third-order valence-corrected chi connectivity index (χ3v) is 6.74. The number of fused-ring (bicyclic) bond motifs is 1. The fourth-order valence-electron chi connectivity index (χ4n) is 4.01. The van der Waals surface area contributed by atoms with Crippen LogP contribution in [-0.4, -0.2) is 60.6 Å². The number of anilines is 1. The Morgan fingerprint density at radius 2 is 1.93 bits per heavy atom. The van der Waals surface area contributed by atoms with E-state index in [4.69, 9.17) is 0 Å². The highest BCUT2D eigenvalue weighted by Crippen LogP contribution is 2.36. The summed E-state index contributed by atoms with van der Waals surface area (Å²) >= 11 is 0. The number of sulfone groups is 1. The van der Waals surface area contributed by atoms with E-state index in [1.165, 1.54) is 12.1 Å². The molecule has 2 N–H and O–H groups in total. The Morgan fingerprint density at radius 3 is 2.63 bits per heavy atom. The maximum atomic E-state index is 11.8. The number of aromatic hydroxyl groups is 1. The molecule has 4 rings (SSSR count). The van der Waals surface area contributed by atoms with Gasteiger partial charge in [0.15, 0.2) is 15.7 Å². The molecule has 158 valence electrons. The molecule has 8 heteroatoms. The fourth-order valence-corrected chi connectivity index (χ4v) is 4.65. The highest BCUT2D eigenvalue weighted by atomic mass is 32.2. The molecule has 2 aromatic carbocycles. The summed E-state index contributed by atoms with van der Waals surface area (Å²) in [6, 6.07) is 12.4.